The molecule has 0 radical (unpaired) electrons. The van der Waals surface area contributed by atoms with Crippen molar-refractivity contribution in [3.05, 3.63) is 18.2 Å². The van der Waals surface area contributed by atoms with Crippen molar-refractivity contribution in [2.24, 2.45) is 10.2 Å². The number of hydrogen-bond donors (Lipinski definition) is 1. The number of rotatable bonds is 11. The predicted octanol–water partition coefficient (Wildman–Crippen LogP) is 2.70. The van der Waals surface area contributed by atoms with Crippen molar-refractivity contribution in [3.63, 3.8) is 0 Å². The molecule has 1 aliphatic rings. The Morgan fingerprint density at radius 2 is 2.26 bits per heavy atom. The maximum atomic E-state index is 11.9. The summed E-state index contributed by atoms with van der Waals surface area (Å²) in [6.45, 7) is 3.70. The van der Waals surface area contributed by atoms with Crippen molar-refractivity contribution < 1.29 is 4.79 Å². The van der Waals surface area contributed by atoms with Gasteiger partial charge in [0.2, 0.25) is 5.91 Å². The Labute approximate surface area is 137 Å². The first-order valence-electron chi connectivity index (χ1n) is 8.33. The molecular formula is C17H25N5O. The Hall–Kier alpha value is -2.16. The zero-order valence-corrected chi connectivity index (χ0v) is 13.8. The molecule has 6 nitrogen and oxygen atoms in total. The minimum absolute atomic E-state index is 0.0572. The molecule has 2 heterocycles. The van der Waals surface area contributed by atoms with Gasteiger partial charge < -0.3 is 9.88 Å². The van der Waals surface area contributed by atoms with Crippen LogP contribution in [0, 0.1) is 12.3 Å². The standard InChI is InChI=1S/C17H25N5O/c1-3-5-9-17(20-21-17)10-8-16(23)19-11-6-13-22-14-12-18-15(22)7-4-2/h1,12,14H,4-11,13H2,2H3,(H,19,23). The van der Waals surface area contributed by atoms with Gasteiger partial charge in [0.15, 0.2) is 5.66 Å². The number of carbonyl (C=O) groups excluding carboxylic acids is 1. The molecule has 0 unspecified atom stereocenters. The minimum atomic E-state index is -0.366. The second kappa shape index (κ2) is 8.47. The second-order valence-electron chi connectivity index (χ2n) is 5.88. The van der Waals surface area contributed by atoms with Crippen LogP contribution in [0.4, 0.5) is 0 Å². The van der Waals surface area contributed by atoms with Crippen LogP contribution in [0.1, 0.15) is 51.3 Å². The van der Waals surface area contributed by atoms with E-state index in [2.05, 4.69) is 37.9 Å². The lowest BCUT2D eigenvalue weighted by molar-refractivity contribution is -0.121. The van der Waals surface area contributed by atoms with E-state index in [1.54, 1.807) is 0 Å². The highest BCUT2D eigenvalue weighted by Gasteiger charge is 2.39. The summed E-state index contributed by atoms with van der Waals surface area (Å²) in [5.41, 5.74) is -0.366. The molecule has 0 saturated heterocycles. The van der Waals surface area contributed by atoms with Gasteiger partial charge >= 0.3 is 0 Å². The third-order valence-corrected chi connectivity index (χ3v) is 3.98. The number of amides is 1. The highest BCUT2D eigenvalue weighted by Crippen LogP contribution is 2.37. The molecule has 0 fully saturated rings. The Kier molecular flexibility index (Phi) is 6.33. The van der Waals surface area contributed by atoms with Crippen LogP contribution in [-0.2, 0) is 17.8 Å². The Bertz CT molecular complexity index is 578. The molecule has 0 atom stereocenters. The fraction of sp³-hybridized carbons (Fsp3) is 0.647. The maximum Gasteiger partial charge on any atom is 0.220 e. The van der Waals surface area contributed by atoms with Gasteiger partial charge in [-0.3, -0.25) is 4.79 Å². The first-order chi connectivity index (χ1) is 11.2. The van der Waals surface area contributed by atoms with E-state index >= 15 is 0 Å². The topological polar surface area (TPSA) is 71.6 Å². The molecule has 1 N–H and O–H groups in total. The Morgan fingerprint density at radius 3 is 2.96 bits per heavy atom. The summed E-state index contributed by atoms with van der Waals surface area (Å²) in [6.07, 6.45) is 14.6. The van der Waals surface area contributed by atoms with E-state index in [9.17, 15) is 4.79 Å². The van der Waals surface area contributed by atoms with Gasteiger partial charge in [-0.15, -0.1) is 12.3 Å². The summed E-state index contributed by atoms with van der Waals surface area (Å²) >= 11 is 0. The normalized spacial score (nSPS) is 14.4. The van der Waals surface area contributed by atoms with Crippen molar-refractivity contribution in [1.82, 2.24) is 14.9 Å². The lowest BCUT2D eigenvalue weighted by Crippen LogP contribution is -2.26. The molecule has 1 aromatic heterocycles. The maximum absolute atomic E-state index is 11.9. The third kappa shape index (κ3) is 5.51. The first-order valence-corrected chi connectivity index (χ1v) is 8.33. The van der Waals surface area contributed by atoms with Gasteiger partial charge in [-0.25, -0.2) is 4.98 Å². The van der Waals surface area contributed by atoms with E-state index in [1.807, 2.05) is 12.4 Å². The number of nitrogens with zero attached hydrogens (tertiary/aromatic N) is 4. The third-order valence-electron chi connectivity index (χ3n) is 3.98. The van der Waals surface area contributed by atoms with Crippen LogP contribution in [-0.4, -0.2) is 27.7 Å². The number of nitrogens with one attached hydrogen (secondary N) is 1. The lowest BCUT2D eigenvalue weighted by atomic mass is 10.0. The van der Waals surface area contributed by atoms with E-state index in [1.165, 1.54) is 0 Å². The van der Waals surface area contributed by atoms with E-state index in [-0.39, 0.29) is 11.6 Å². The number of aryl methyl sites for hydroxylation is 2. The monoisotopic (exact) mass is 315 g/mol. The Morgan fingerprint density at radius 1 is 1.43 bits per heavy atom. The van der Waals surface area contributed by atoms with Crippen LogP contribution in [0.25, 0.3) is 0 Å². The number of imidazole rings is 1. The van der Waals surface area contributed by atoms with E-state index in [0.717, 1.165) is 38.1 Å². The average molecular weight is 315 g/mol. The van der Waals surface area contributed by atoms with Crippen molar-refractivity contribution in [3.8, 4) is 12.3 Å². The van der Waals surface area contributed by atoms with Crippen molar-refractivity contribution in [1.29, 1.82) is 0 Å². The average Bonchev–Trinajstić information content (AvgIpc) is 3.20. The SMILES string of the molecule is C#CCCC1(CCC(=O)NCCCn2ccnc2CCC)N=N1. The van der Waals surface area contributed by atoms with Crippen LogP contribution in [0.5, 0.6) is 0 Å². The Balaban J connectivity index is 1.58. The van der Waals surface area contributed by atoms with Crippen molar-refractivity contribution in [2.75, 3.05) is 6.54 Å². The summed E-state index contributed by atoms with van der Waals surface area (Å²) in [4.78, 5) is 16.2. The zero-order chi connectivity index (χ0) is 16.5. The van der Waals surface area contributed by atoms with Crippen LogP contribution in [0.3, 0.4) is 0 Å². The van der Waals surface area contributed by atoms with E-state index in [0.29, 0.717) is 25.8 Å². The van der Waals surface area contributed by atoms with Gasteiger partial charge in [0, 0.05) is 57.6 Å². The molecule has 0 spiro atoms. The molecule has 0 bridgehead atoms. The van der Waals surface area contributed by atoms with Gasteiger partial charge in [0.05, 0.1) is 0 Å². The molecule has 1 aromatic rings. The molecule has 6 heteroatoms. The highest BCUT2D eigenvalue weighted by molar-refractivity contribution is 5.75. The molecule has 1 amide bonds. The van der Waals surface area contributed by atoms with Crippen LogP contribution < -0.4 is 5.32 Å². The molecule has 1 aliphatic heterocycles. The van der Waals surface area contributed by atoms with Gasteiger partial charge in [-0.1, -0.05) is 6.92 Å². The second-order valence-corrected chi connectivity index (χ2v) is 5.88. The van der Waals surface area contributed by atoms with Crippen LogP contribution >= 0.6 is 0 Å². The predicted molar refractivity (Wildman–Crippen MR) is 88.7 cm³/mol. The van der Waals surface area contributed by atoms with Gasteiger partial charge in [-0.05, 0) is 12.8 Å². The fourth-order valence-electron chi connectivity index (χ4n) is 2.54. The van der Waals surface area contributed by atoms with Crippen molar-refractivity contribution in [2.45, 2.75) is 64.1 Å². The number of aromatic nitrogens is 2. The minimum Gasteiger partial charge on any atom is -0.356 e. The molecule has 0 aliphatic carbocycles. The van der Waals surface area contributed by atoms with E-state index in [4.69, 9.17) is 6.42 Å². The summed E-state index contributed by atoms with van der Waals surface area (Å²) in [5, 5.41) is 11.0. The van der Waals surface area contributed by atoms with Gasteiger partial charge in [-0.2, -0.15) is 10.2 Å². The quantitative estimate of drug-likeness (QED) is 0.504. The fourth-order valence-corrected chi connectivity index (χ4v) is 2.54. The number of hydrogen-bond acceptors (Lipinski definition) is 4. The summed E-state index contributed by atoms with van der Waals surface area (Å²) < 4.78 is 2.16. The van der Waals surface area contributed by atoms with Gasteiger partial charge in [0.1, 0.15) is 5.82 Å². The molecule has 0 saturated carbocycles. The van der Waals surface area contributed by atoms with Crippen LogP contribution in [0.2, 0.25) is 0 Å². The first kappa shape index (κ1) is 17.2. The number of carbonyl (C=O) groups is 1. The summed E-state index contributed by atoms with van der Waals surface area (Å²) in [5.74, 6) is 3.77. The van der Waals surface area contributed by atoms with Gasteiger partial charge in [0.25, 0.3) is 0 Å². The zero-order valence-electron chi connectivity index (χ0n) is 13.8. The molecule has 0 aromatic carbocycles. The summed E-state index contributed by atoms with van der Waals surface area (Å²) in [6, 6.07) is 0. The smallest absolute Gasteiger partial charge is 0.220 e. The lowest BCUT2D eigenvalue weighted by Gasteiger charge is -2.10. The number of terminal acetylenes is 1. The largest absolute Gasteiger partial charge is 0.356 e. The van der Waals surface area contributed by atoms with Crippen LogP contribution in [0.15, 0.2) is 22.6 Å². The molecule has 2 rings (SSSR count). The molecular weight excluding hydrogens is 290 g/mol. The highest BCUT2D eigenvalue weighted by atomic mass is 16.1. The van der Waals surface area contributed by atoms with E-state index < -0.39 is 0 Å². The molecule has 124 valence electrons. The van der Waals surface area contributed by atoms with Crippen molar-refractivity contribution >= 4 is 5.91 Å². The summed E-state index contributed by atoms with van der Waals surface area (Å²) in [7, 11) is 0. The molecule has 23 heavy (non-hydrogen) atoms.